The zero-order chi connectivity index (χ0) is 21.3. The lowest BCUT2D eigenvalue weighted by Gasteiger charge is -2.14. The molecule has 0 spiro atoms. The van der Waals surface area contributed by atoms with Crippen molar-refractivity contribution in [3.05, 3.63) is 65.9 Å². The number of guanidine groups is 1. The number of aromatic nitrogens is 1. The Morgan fingerprint density at radius 2 is 1.90 bits per heavy atom. The summed E-state index contributed by atoms with van der Waals surface area (Å²) in [6.45, 7) is 0.346. The van der Waals surface area contributed by atoms with Crippen molar-refractivity contribution in [3.63, 3.8) is 0 Å². The van der Waals surface area contributed by atoms with Crippen molar-refractivity contribution in [2.45, 2.75) is 26.6 Å². The molecule has 9 heteroatoms. The number of benzene rings is 2. The molecule has 0 fully saturated rings. The third-order valence-electron chi connectivity index (χ3n) is 4.40. The van der Waals surface area contributed by atoms with Crippen LogP contribution in [-0.4, -0.2) is 31.2 Å². The van der Waals surface area contributed by atoms with Gasteiger partial charge in [0.25, 0.3) is 0 Å². The van der Waals surface area contributed by atoms with Crippen LogP contribution >= 0.6 is 24.0 Å². The third kappa shape index (κ3) is 6.91. The van der Waals surface area contributed by atoms with Crippen LogP contribution in [0.1, 0.15) is 18.1 Å². The highest BCUT2D eigenvalue weighted by molar-refractivity contribution is 14.0. The first kappa shape index (κ1) is 24.6. The molecule has 0 amide bonds. The van der Waals surface area contributed by atoms with Crippen molar-refractivity contribution in [1.82, 2.24) is 15.6 Å². The molecule has 0 bridgehead atoms. The quantitative estimate of drug-likeness (QED) is 0.245. The minimum absolute atomic E-state index is 0. The Kier molecular flexibility index (Phi) is 9.70. The largest absolute Gasteiger partial charge is 0.497 e. The fourth-order valence-electron chi connectivity index (χ4n) is 3.01. The van der Waals surface area contributed by atoms with Gasteiger partial charge in [-0.2, -0.15) is 8.78 Å². The summed E-state index contributed by atoms with van der Waals surface area (Å²) in [5.41, 5.74) is 2.45. The van der Waals surface area contributed by atoms with E-state index in [1.807, 2.05) is 37.3 Å². The number of fused-ring (bicyclic) bond motifs is 1. The van der Waals surface area contributed by atoms with Gasteiger partial charge >= 0.3 is 6.61 Å². The molecule has 1 heterocycles. The van der Waals surface area contributed by atoms with Crippen LogP contribution in [0.25, 0.3) is 10.9 Å². The van der Waals surface area contributed by atoms with E-state index in [0.717, 1.165) is 16.5 Å². The molecule has 6 nitrogen and oxygen atoms in total. The monoisotopic (exact) mass is 542 g/mol. The summed E-state index contributed by atoms with van der Waals surface area (Å²) >= 11 is 0. The van der Waals surface area contributed by atoms with Gasteiger partial charge in [0.1, 0.15) is 11.5 Å². The van der Waals surface area contributed by atoms with Crippen LogP contribution in [0.4, 0.5) is 8.78 Å². The van der Waals surface area contributed by atoms with Crippen molar-refractivity contribution in [3.8, 4) is 11.5 Å². The Bertz CT molecular complexity index is 1010. The average molecular weight is 542 g/mol. The predicted molar refractivity (Wildman–Crippen MR) is 128 cm³/mol. The number of halogens is 3. The molecule has 3 rings (SSSR count). The number of rotatable bonds is 8. The molecule has 3 aromatic rings. The molecule has 31 heavy (non-hydrogen) atoms. The highest BCUT2D eigenvalue weighted by Gasteiger charge is 2.11. The highest BCUT2D eigenvalue weighted by atomic mass is 127. The summed E-state index contributed by atoms with van der Waals surface area (Å²) in [4.78, 5) is 8.97. The van der Waals surface area contributed by atoms with Crippen LogP contribution < -0.4 is 20.1 Å². The first-order valence-electron chi connectivity index (χ1n) is 9.57. The van der Waals surface area contributed by atoms with Crippen LogP contribution in [0, 0.1) is 0 Å². The summed E-state index contributed by atoms with van der Waals surface area (Å²) in [6.07, 6.45) is 1.76. The van der Waals surface area contributed by atoms with Crippen LogP contribution in [0.5, 0.6) is 11.5 Å². The molecule has 2 aromatic carbocycles. The lowest BCUT2D eigenvalue weighted by Crippen LogP contribution is -2.36. The molecular formula is C22H25F2IN4O2. The van der Waals surface area contributed by atoms with Crippen LogP contribution in [-0.2, 0) is 13.1 Å². The number of aliphatic imine (C=N–C) groups is 1. The van der Waals surface area contributed by atoms with Crippen LogP contribution in [0.2, 0.25) is 0 Å². The number of nitrogens with one attached hydrogen (secondary N) is 2. The molecule has 0 aliphatic heterocycles. The molecule has 2 N–H and O–H groups in total. The number of nitrogens with zero attached hydrogens (tertiary/aromatic N) is 2. The fourth-order valence-corrected chi connectivity index (χ4v) is 3.01. The Morgan fingerprint density at radius 1 is 1.10 bits per heavy atom. The predicted octanol–water partition coefficient (Wildman–Crippen LogP) is 4.72. The average Bonchev–Trinajstić information content (AvgIpc) is 2.76. The van der Waals surface area contributed by atoms with Gasteiger partial charge in [0.2, 0.25) is 0 Å². The summed E-state index contributed by atoms with van der Waals surface area (Å²) in [6, 6.07) is 14.6. The van der Waals surface area contributed by atoms with Crippen LogP contribution in [0.3, 0.4) is 0 Å². The molecule has 0 radical (unpaired) electrons. The van der Waals surface area contributed by atoms with Gasteiger partial charge in [0.15, 0.2) is 5.96 Å². The Hall–Kier alpha value is -2.69. The summed E-state index contributed by atoms with van der Waals surface area (Å²) in [5.74, 6) is 1.17. The second-order valence-corrected chi connectivity index (χ2v) is 6.39. The van der Waals surface area contributed by atoms with Crippen LogP contribution in [0.15, 0.2) is 59.7 Å². The maximum Gasteiger partial charge on any atom is 0.387 e. The molecule has 0 saturated heterocycles. The SMILES string of the molecule is CCNC(=NCc1cc(OC)ccc1OC(F)F)NCc1cccc2cccnc12.I. The lowest BCUT2D eigenvalue weighted by atomic mass is 10.1. The third-order valence-corrected chi connectivity index (χ3v) is 4.40. The first-order valence-corrected chi connectivity index (χ1v) is 9.57. The van der Waals surface area contributed by atoms with E-state index in [0.29, 0.717) is 30.4 Å². The van der Waals surface area contributed by atoms with E-state index in [2.05, 4.69) is 25.3 Å². The van der Waals surface area contributed by atoms with E-state index in [4.69, 9.17) is 4.74 Å². The number of methoxy groups -OCH3 is 1. The van der Waals surface area contributed by atoms with Crippen molar-refractivity contribution < 1.29 is 18.3 Å². The van der Waals surface area contributed by atoms with E-state index in [1.165, 1.54) is 13.2 Å². The second kappa shape index (κ2) is 12.2. The number of hydrogen-bond donors (Lipinski definition) is 2. The molecular weight excluding hydrogens is 517 g/mol. The first-order chi connectivity index (χ1) is 14.6. The van der Waals surface area contributed by atoms with Gasteiger partial charge in [-0.15, -0.1) is 24.0 Å². The molecule has 0 saturated carbocycles. The van der Waals surface area contributed by atoms with Gasteiger partial charge in [-0.05, 0) is 36.8 Å². The van der Waals surface area contributed by atoms with Crippen molar-refractivity contribution in [2.24, 2.45) is 4.99 Å². The Morgan fingerprint density at radius 3 is 2.65 bits per heavy atom. The van der Waals surface area contributed by atoms with Gasteiger partial charge in [-0.25, -0.2) is 4.99 Å². The maximum atomic E-state index is 12.7. The van der Waals surface area contributed by atoms with E-state index < -0.39 is 6.61 Å². The number of para-hydroxylation sites is 1. The molecule has 0 atom stereocenters. The summed E-state index contributed by atoms with van der Waals surface area (Å²) in [7, 11) is 1.51. The van der Waals surface area contributed by atoms with Gasteiger partial charge < -0.3 is 20.1 Å². The van der Waals surface area contributed by atoms with E-state index in [9.17, 15) is 8.78 Å². The van der Waals surface area contributed by atoms with Gasteiger partial charge in [0.05, 0.1) is 19.2 Å². The minimum atomic E-state index is -2.91. The van der Waals surface area contributed by atoms with E-state index >= 15 is 0 Å². The summed E-state index contributed by atoms with van der Waals surface area (Å²) < 4.78 is 35.2. The molecule has 166 valence electrons. The van der Waals surface area contributed by atoms with Crippen molar-refractivity contribution in [1.29, 1.82) is 0 Å². The highest BCUT2D eigenvalue weighted by Crippen LogP contribution is 2.26. The standard InChI is InChI=1S/C22H24F2N4O2.HI/c1-3-25-22(27-13-16-7-4-6-15-8-5-11-26-20(15)16)28-14-17-12-18(29-2)9-10-19(17)30-21(23)24;/h4-12,21H,3,13-14H2,1-2H3,(H2,25,27,28);1H. The number of pyridine rings is 1. The van der Waals surface area contributed by atoms with Gasteiger partial charge in [-0.1, -0.05) is 24.3 Å². The lowest BCUT2D eigenvalue weighted by molar-refractivity contribution is -0.0504. The molecule has 1 aromatic heterocycles. The van der Waals surface area contributed by atoms with E-state index in [-0.39, 0.29) is 36.3 Å². The zero-order valence-corrected chi connectivity index (χ0v) is 19.6. The molecule has 0 unspecified atom stereocenters. The molecule has 0 aliphatic rings. The molecule has 0 aliphatic carbocycles. The summed E-state index contributed by atoms with van der Waals surface area (Å²) in [5, 5.41) is 7.48. The number of hydrogen-bond acceptors (Lipinski definition) is 4. The van der Waals surface area contributed by atoms with E-state index in [1.54, 1.807) is 18.3 Å². The zero-order valence-electron chi connectivity index (χ0n) is 17.3. The topological polar surface area (TPSA) is 67.8 Å². The Labute approximate surface area is 197 Å². The second-order valence-electron chi connectivity index (χ2n) is 6.39. The number of ether oxygens (including phenoxy) is 2. The minimum Gasteiger partial charge on any atom is -0.497 e. The van der Waals surface area contributed by atoms with Gasteiger partial charge in [-0.3, -0.25) is 4.98 Å². The normalized spacial score (nSPS) is 11.2. The van der Waals surface area contributed by atoms with Gasteiger partial charge in [0, 0.05) is 30.2 Å². The number of alkyl halides is 2. The maximum absolute atomic E-state index is 12.7. The Balaban J connectivity index is 0.00000341. The fraction of sp³-hybridized carbons (Fsp3) is 0.273. The van der Waals surface area contributed by atoms with Crippen molar-refractivity contribution >= 4 is 40.8 Å². The smallest absolute Gasteiger partial charge is 0.387 e. The van der Waals surface area contributed by atoms with Crippen molar-refractivity contribution in [2.75, 3.05) is 13.7 Å².